The van der Waals surface area contributed by atoms with Gasteiger partial charge >= 0.3 is 18.4 Å². The number of carbonyl (C=O) groups excluding carboxylic acids is 2. The number of anilines is 1. The Morgan fingerprint density at radius 2 is 1.43 bits per heavy atom. The Hall–Kier alpha value is -4.35. The van der Waals surface area contributed by atoms with Crippen LogP contribution in [0.4, 0.5) is 50.0 Å². The van der Waals surface area contributed by atoms with Gasteiger partial charge in [0.15, 0.2) is 0 Å². The number of benzene rings is 3. The van der Waals surface area contributed by atoms with Crippen LogP contribution in [0.2, 0.25) is 0 Å². The Morgan fingerprint density at radius 1 is 0.809 bits per heavy atom. The summed E-state index contributed by atoms with van der Waals surface area (Å²) in [4.78, 5) is 28.3. The maximum Gasteiger partial charge on any atom is 0.430 e. The number of carbonyl (C=O) groups is 2. The molecule has 0 spiro atoms. The number of urea groups is 1. The van der Waals surface area contributed by atoms with Gasteiger partial charge in [0.2, 0.25) is 0 Å². The molecule has 1 saturated heterocycles. The predicted molar refractivity (Wildman–Crippen MR) is 148 cm³/mol. The molecule has 1 aliphatic rings. The fourth-order valence-corrected chi connectivity index (χ4v) is 4.88. The number of alkyl halides is 6. The van der Waals surface area contributed by atoms with Gasteiger partial charge in [-0.25, -0.2) is 18.0 Å². The molecule has 0 bridgehead atoms. The van der Waals surface area contributed by atoms with Gasteiger partial charge in [-0.15, -0.1) is 0 Å². The van der Waals surface area contributed by atoms with Crippen LogP contribution >= 0.6 is 0 Å². The number of nitrogens with one attached hydrogen (secondary N) is 2. The second-order valence-electron chi connectivity index (χ2n) is 10.7. The van der Waals surface area contributed by atoms with Crippen LogP contribution in [0, 0.1) is 17.5 Å². The lowest BCUT2D eigenvalue weighted by Crippen LogP contribution is -2.53. The molecule has 4 N–H and O–H groups in total. The van der Waals surface area contributed by atoms with Crippen molar-refractivity contribution in [3.8, 4) is 0 Å². The number of amides is 3. The molecule has 1 unspecified atom stereocenters. The SMILES string of the molecule is O=C(NCC(O)c1ccc(F)cc1F)Nc1ccc(C(=O)N2CCN(Cc3ccc(C(O)(C(F)(F)F)C(F)(F)F)cc3)CC2)cc1F. The van der Waals surface area contributed by atoms with Gasteiger partial charge in [-0.05, 0) is 29.8 Å². The fourth-order valence-electron chi connectivity index (χ4n) is 4.88. The zero-order valence-electron chi connectivity index (χ0n) is 24.1. The Bertz CT molecular complexity index is 1580. The van der Waals surface area contributed by atoms with E-state index in [1.54, 1.807) is 4.90 Å². The van der Waals surface area contributed by atoms with Crippen molar-refractivity contribution < 1.29 is 59.3 Å². The van der Waals surface area contributed by atoms with E-state index in [9.17, 15) is 59.3 Å². The van der Waals surface area contributed by atoms with Crippen molar-refractivity contribution in [2.75, 3.05) is 38.0 Å². The van der Waals surface area contributed by atoms with Crippen molar-refractivity contribution >= 4 is 17.6 Å². The molecule has 3 aromatic carbocycles. The first-order valence-electron chi connectivity index (χ1n) is 13.8. The Balaban J connectivity index is 1.28. The minimum Gasteiger partial charge on any atom is -0.386 e. The number of nitrogens with zero attached hydrogens (tertiary/aromatic N) is 2. The van der Waals surface area contributed by atoms with Crippen LogP contribution in [0.1, 0.15) is 33.2 Å². The standard InChI is InChI=1S/C30H27F9N4O4/c31-20-6-7-21(22(32)14-20)25(44)15-40-27(46)41-24-8-3-18(13-23(24)33)26(45)43-11-9-42(10-12-43)16-17-1-4-19(5-2-17)28(47,29(34,35)36)30(37,38)39/h1-8,13-14,25,44,47H,9-12,15-16H2,(H2,40,41,46). The van der Waals surface area contributed by atoms with Gasteiger partial charge in [-0.3, -0.25) is 9.69 Å². The predicted octanol–water partition coefficient (Wildman–Crippen LogP) is 5.23. The minimum absolute atomic E-state index is 0.0403. The zero-order chi connectivity index (χ0) is 34.7. The molecule has 254 valence electrons. The van der Waals surface area contributed by atoms with Crippen molar-refractivity contribution in [2.45, 2.75) is 30.6 Å². The highest BCUT2D eigenvalue weighted by Crippen LogP contribution is 2.50. The second-order valence-corrected chi connectivity index (χ2v) is 10.7. The zero-order valence-corrected chi connectivity index (χ0v) is 24.1. The smallest absolute Gasteiger partial charge is 0.386 e. The third kappa shape index (κ3) is 7.97. The van der Waals surface area contributed by atoms with Gasteiger partial charge in [0, 0.05) is 62.0 Å². The third-order valence-corrected chi connectivity index (χ3v) is 7.50. The average Bonchev–Trinajstić information content (AvgIpc) is 3.00. The van der Waals surface area contributed by atoms with Gasteiger partial charge in [0.1, 0.15) is 17.5 Å². The number of rotatable bonds is 8. The molecule has 1 fully saturated rings. The fraction of sp³-hybridized carbons (Fsp3) is 0.333. The minimum atomic E-state index is -6.00. The van der Waals surface area contributed by atoms with E-state index in [-0.39, 0.29) is 49.5 Å². The number of piperazine rings is 1. The second kappa shape index (κ2) is 13.8. The lowest BCUT2D eigenvalue weighted by molar-refractivity contribution is -0.376. The molecule has 17 heteroatoms. The number of hydrogen-bond acceptors (Lipinski definition) is 5. The van der Waals surface area contributed by atoms with E-state index in [0.29, 0.717) is 23.8 Å². The van der Waals surface area contributed by atoms with Crippen molar-refractivity contribution in [2.24, 2.45) is 0 Å². The summed E-state index contributed by atoms with van der Waals surface area (Å²) in [5.74, 6) is -3.36. The highest BCUT2D eigenvalue weighted by molar-refractivity contribution is 5.95. The quantitative estimate of drug-likeness (QED) is 0.245. The van der Waals surface area contributed by atoms with Crippen molar-refractivity contribution in [1.82, 2.24) is 15.1 Å². The van der Waals surface area contributed by atoms with E-state index in [1.165, 1.54) is 11.0 Å². The normalized spacial score (nSPS) is 15.3. The van der Waals surface area contributed by atoms with Crippen LogP contribution in [0.15, 0.2) is 60.7 Å². The van der Waals surface area contributed by atoms with E-state index < -0.39 is 65.6 Å². The first-order valence-corrected chi connectivity index (χ1v) is 13.8. The number of aliphatic hydroxyl groups is 2. The maximum atomic E-state index is 14.7. The van der Waals surface area contributed by atoms with E-state index in [2.05, 4.69) is 10.6 Å². The number of aliphatic hydroxyl groups excluding tert-OH is 1. The molecule has 1 atom stereocenters. The molecular weight excluding hydrogens is 651 g/mol. The summed E-state index contributed by atoms with van der Waals surface area (Å²) in [5, 5.41) is 24.0. The Kier molecular flexibility index (Phi) is 10.4. The summed E-state index contributed by atoms with van der Waals surface area (Å²) < 4.78 is 120. The maximum absolute atomic E-state index is 14.7. The van der Waals surface area contributed by atoms with E-state index in [4.69, 9.17) is 0 Å². The lowest BCUT2D eigenvalue weighted by atomic mass is 9.91. The topological polar surface area (TPSA) is 105 Å². The number of hydrogen-bond donors (Lipinski definition) is 4. The first kappa shape index (κ1) is 35.5. The van der Waals surface area contributed by atoms with Gasteiger partial charge in [0.25, 0.3) is 11.5 Å². The molecule has 47 heavy (non-hydrogen) atoms. The molecule has 0 aliphatic carbocycles. The van der Waals surface area contributed by atoms with Crippen molar-refractivity contribution in [3.63, 3.8) is 0 Å². The van der Waals surface area contributed by atoms with Crippen LogP contribution in [0.3, 0.4) is 0 Å². The summed E-state index contributed by atoms with van der Waals surface area (Å²) in [7, 11) is 0. The largest absolute Gasteiger partial charge is 0.430 e. The van der Waals surface area contributed by atoms with Gasteiger partial charge in [-0.2, -0.15) is 26.3 Å². The third-order valence-electron chi connectivity index (χ3n) is 7.50. The van der Waals surface area contributed by atoms with Crippen LogP contribution in [0.5, 0.6) is 0 Å². The molecule has 0 radical (unpaired) electrons. The lowest BCUT2D eigenvalue weighted by Gasteiger charge is -2.35. The molecule has 0 aromatic heterocycles. The van der Waals surface area contributed by atoms with E-state index in [1.807, 2.05) is 0 Å². The Labute approximate surface area is 261 Å². The molecule has 3 amide bonds. The summed E-state index contributed by atoms with van der Waals surface area (Å²) in [5.41, 5.74) is -6.64. The molecular formula is C30H27F9N4O4. The summed E-state index contributed by atoms with van der Waals surface area (Å²) in [6.07, 6.45) is -13.5. The van der Waals surface area contributed by atoms with E-state index >= 15 is 0 Å². The highest BCUT2D eigenvalue weighted by atomic mass is 19.4. The van der Waals surface area contributed by atoms with Crippen LogP contribution < -0.4 is 10.6 Å². The number of halogens is 9. The van der Waals surface area contributed by atoms with Gasteiger partial charge in [0.05, 0.1) is 11.8 Å². The average molecular weight is 679 g/mol. The van der Waals surface area contributed by atoms with E-state index in [0.717, 1.165) is 36.4 Å². The van der Waals surface area contributed by atoms with Crippen LogP contribution in [0.25, 0.3) is 0 Å². The summed E-state index contributed by atoms with van der Waals surface area (Å²) in [6.45, 7) is 0.533. The molecule has 4 rings (SSSR count). The van der Waals surface area contributed by atoms with Crippen LogP contribution in [-0.2, 0) is 12.1 Å². The van der Waals surface area contributed by atoms with Gasteiger partial charge in [-0.1, -0.05) is 30.3 Å². The summed E-state index contributed by atoms with van der Waals surface area (Å²) >= 11 is 0. The molecule has 8 nitrogen and oxygen atoms in total. The van der Waals surface area contributed by atoms with Gasteiger partial charge < -0.3 is 25.7 Å². The molecule has 1 heterocycles. The monoisotopic (exact) mass is 678 g/mol. The van der Waals surface area contributed by atoms with Crippen molar-refractivity contribution in [1.29, 1.82) is 0 Å². The summed E-state index contributed by atoms with van der Waals surface area (Å²) in [6, 6.07) is 8.07. The molecule has 1 aliphatic heterocycles. The molecule has 3 aromatic rings. The Morgan fingerprint density at radius 3 is 1.98 bits per heavy atom. The first-order chi connectivity index (χ1) is 21.9. The van der Waals surface area contributed by atoms with Crippen LogP contribution in [-0.4, -0.2) is 77.0 Å². The van der Waals surface area contributed by atoms with Crippen molar-refractivity contribution in [3.05, 3.63) is 100 Å². The highest BCUT2D eigenvalue weighted by Gasteiger charge is 2.71. The molecule has 0 saturated carbocycles.